The molecule has 1 unspecified atom stereocenters. The molecule has 4 heterocycles. The van der Waals surface area contributed by atoms with Crippen LogP contribution in [-0.2, 0) is 4.79 Å². The van der Waals surface area contributed by atoms with Crippen molar-refractivity contribution in [2.24, 2.45) is 0 Å². The molecule has 7 nitrogen and oxygen atoms in total. The van der Waals surface area contributed by atoms with Crippen molar-refractivity contribution in [1.29, 1.82) is 0 Å². The lowest BCUT2D eigenvalue weighted by atomic mass is 10.1. The minimum absolute atomic E-state index is 0.0111. The van der Waals surface area contributed by atoms with Gasteiger partial charge in [0.15, 0.2) is 0 Å². The first-order valence-electron chi connectivity index (χ1n) is 13.6. The Balaban J connectivity index is 1.20. The molecule has 4 aromatic rings. The average molecular weight is 530 g/mol. The van der Waals surface area contributed by atoms with Crippen LogP contribution in [-0.4, -0.2) is 64.7 Å². The highest BCUT2D eigenvalue weighted by Crippen LogP contribution is 2.33. The molecule has 0 bridgehead atoms. The Bertz CT molecular complexity index is 1380. The van der Waals surface area contributed by atoms with Crippen LogP contribution in [0.2, 0.25) is 0 Å². The molecule has 2 aromatic heterocycles. The Labute approximate surface area is 227 Å². The molecular formula is C30H35N5O2S. The van der Waals surface area contributed by atoms with Gasteiger partial charge in [-0.3, -0.25) is 14.8 Å². The molecule has 0 spiro atoms. The van der Waals surface area contributed by atoms with E-state index in [4.69, 9.17) is 4.74 Å². The predicted molar refractivity (Wildman–Crippen MR) is 154 cm³/mol. The summed E-state index contributed by atoms with van der Waals surface area (Å²) in [5, 5.41) is 16.1. The van der Waals surface area contributed by atoms with E-state index in [9.17, 15) is 4.79 Å². The molecule has 1 amide bonds. The molecule has 2 fully saturated rings. The van der Waals surface area contributed by atoms with Crippen LogP contribution in [0, 0.1) is 0 Å². The largest absolute Gasteiger partial charge is 0.490 e. The Morgan fingerprint density at radius 3 is 2.63 bits per heavy atom. The number of nitrogens with one attached hydrogen (secondary N) is 2. The number of aromatic nitrogens is 2. The molecule has 198 valence electrons. The van der Waals surface area contributed by atoms with Crippen LogP contribution in [0.3, 0.4) is 0 Å². The number of aromatic amines is 1. The Morgan fingerprint density at radius 2 is 1.92 bits per heavy atom. The first-order chi connectivity index (χ1) is 18.5. The fourth-order valence-corrected chi connectivity index (χ4v) is 6.45. The standard InChI is InChI=1S/C30H35N5O2S/c1-20-4-3-14-35(20)29(22-13-17-38-19-22)30(36)31-23-7-10-27-26(18-23)28(33-32-27)21-5-8-24(9-6-21)37-25-11-15-34(2)16-12-25/h5-10,13,17-20,25,29H,3-4,11-12,14-16H2,1-2H3,(H,31,36)(H,32,33)/t20-,29?/m0/s1. The van der Waals surface area contributed by atoms with E-state index in [1.54, 1.807) is 11.3 Å². The number of piperidine rings is 1. The topological polar surface area (TPSA) is 73.5 Å². The lowest BCUT2D eigenvalue weighted by Gasteiger charge is -2.30. The fraction of sp³-hybridized carbons (Fsp3) is 0.400. The van der Waals surface area contributed by atoms with Gasteiger partial charge in [0.1, 0.15) is 17.9 Å². The first kappa shape index (κ1) is 25.1. The van der Waals surface area contributed by atoms with Gasteiger partial charge < -0.3 is 15.0 Å². The molecule has 2 aliphatic rings. The quantitative estimate of drug-likeness (QED) is 0.311. The third-order valence-electron chi connectivity index (χ3n) is 7.97. The maximum Gasteiger partial charge on any atom is 0.246 e. The minimum Gasteiger partial charge on any atom is -0.490 e. The molecule has 2 N–H and O–H groups in total. The van der Waals surface area contributed by atoms with Crippen molar-refractivity contribution in [3.8, 4) is 17.0 Å². The van der Waals surface area contributed by atoms with E-state index in [-0.39, 0.29) is 18.1 Å². The number of amides is 1. The number of anilines is 1. The molecular weight excluding hydrogens is 494 g/mol. The third-order valence-corrected chi connectivity index (χ3v) is 8.67. The van der Waals surface area contributed by atoms with E-state index in [0.29, 0.717) is 6.04 Å². The van der Waals surface area contributed by atoms with Gasteiger partial charge in [-0.1, -0.05) is 0 Å². The van der Waals surface area contributed by atoms with Crippen molar-refractivity contribution < 1.29 is 9.53 Å². The van der Waals surface area contributed by atoms with Crippen LogP contribution < -0.4 is 10.1 Å². The fourth-order valence-electron chi connectivity index (χ4n) is 5.77. The second-order valence-corrected chi connectivity index (χ2v) is 11.4. The van der Waals surface area contributed by atoms with E-state index >= 15 is 0 Å². The lowest BCUT2D eigenvalue weighted by Crippen LogP contribution is -2.39. The summed E-state index contributed by atoms with van der Waals surface area (Å²) in [6, 6.07) is 16.3. The molecule has 2 aliphatic heterocycles. The molecule has 8 heteroatoms. The smallest absolute Gasteiger partial charge is 0.246 e. The number of fused-ring (bicyclic) bond motifs is 1. The Kier molecular flexibility index (Phi) is 7.19. The third kappa shape index (κ3) is 5.21. The van der Waals surface area contributed by atoms with Crippen LogP contribution in [0.1, 0.15) is 44.2 Å². The van der Waals surface area contributed by atoms with Crippen LogP contribution in [0.5, 0.6) is 5.75 Å². The van der Waals surface area contributed by atoms with Gasteiger partial charge in [-0.25, -0.2) is 0 Å². The summed E-state index contributed by atoms with van der Waals surface area (Å²) in [6.45, 7) is 5.31. The number of benzene rings is 2. The molecule has 2 atom stereocenters. The molecule has 2 aromatic carbocycles. The average Bonchev–Trinajstić information content (AvgIpc) is 3.69. The van der Waals surface area contributed by atoms with Gasteiger partial charge in [0.2, 0.25) is 5.91 Å². The number of carbonyl (C=O) groups excluding carboxylic acids is 1. The summed E-state index contributed by atoms with van der Waals surface area (Å²) in [5.41, 5.74) is 4.66. The van der Waals surface area contributed by atoms with Crippen molar-refractivity contribution in [2.45, 2.75) is 50.8 Å². The second kappa shape index (κ2) is 10.9. The lowest BCUT2D eigenvalue weighted by molar-refractivity contribution is -0.121. The molecule has 0 aliphatic carbocycles. The zero-order valence-corrected chi connectivity index (χ0v) is 22.8. The summed E-state index contributed by atoms with van der Waals surface area (Å²) >= 11 is 1.63. The van der Waals surface area contributed by atoms with Crippen molar-refractivity contribution in [3.05, 3.63) is 64.9 Å². The molecule has 0 saturated carbocycles. The Morgan fingerprint density at radius 1 is 1.11 bits per heavy atom. The van der Waals surface area contributed by atoms with Crippen LogP contribution in [0.25, 0.3) is 22.2 Å². The highest BCUT2D eigenvalue weighted by molar-refractivity contribution is 7.08. The van der Waals surface area contributed by atoms with Crippen LogP contribution >= 0.6 is 11.3 Å². The van der Waals surface area contributed by atoms with Gasteiger partial charge >= 0.3 is 0 Å². The zero-order chi connectivity index (χ0) is 26.1. The van der Waals surface area contributed by atoms with Crippen molar-refractivity contribution in [3.63, 3.8) is 0 Å². The molecule has 6 rings (SSSR count). The van der Waals surface area contributed by atoms with E-state index in [1.165, 1.54) is 0 Å². The number of thiophene rings is 1. The summed E-state index contributed by atoms with van der Waals surface area (Å²) in [4.78, 5) is 18.3. The number of rotatable bonds is 7. The number of carbonyl (C=O) groups is 1. The predicted octanol–water partition coefficient (Wildman–Crippen LogP) is 5.93. The maximum absolute atomic E-state index is 13.6. The summed E-state index contributed by atoms with van der Waals surface area (Å²) in [7, 11) is 2.16. The van der Waals surface area contributed by atoms with Crippen LogP contribution in [0.15, 0.2) is 59.3 Å². The monoisotopic (exact) mass is 529 g/mol. The number of hydrogen-bond donors (Lipinski definition) is 2. The van der Waals surface area contributed by atoms with E-state index in [0.717, 1.165) is 84.5 Å². The van der Waals surface area contributed by atoms with Gasteiger partial charge in [-0.15, -0.1) is 0 Å². The Hall–Kier alpha value is -3.20. The number of likely N-dealkylation sites (tertiary alicyclic amines) is 2. The first-order valence-corrected chi connectivity index (χ1v) is 14.5. The van der Waals surface area contributed by atoms with Gasteiger partial charge in [0, 0.05) is 35.8 Å². The van der Waals surface area contributed by atoms with Crippen LogP contribution in [0.4, 0.5) is 5.69 Å². The van der Waals surface area contributed by atoms with Crippen molar-refractivity contribution in [2.75, 3.05) is 32.0 Å². The van der Waals surface area contributed by atoms with E-state index < -0.39 is 0 Å². The van der Waals surface area contributed by atoms with Crippen molar-refractivity contribution in [1.82, 2.24) is 20.0 Å². The second-order valence-electron chi connectivity index (χ2n) is 10.7. The summed E-state index contributed by atoms with van der Waals surface area (Å²) in [6.07, 6.45) is 4.64. The van der Waals surface area contributed by atoms with E-state index in [1.807, 2.05) is 35.7 Å². The molecule has 2 saturated heterocycles. The normalized spacial score (nSPS) is 20.1. The summed E-state index contributed by atoms with van der Waals surface area (Å²) in [5.74, 6) is 0.906. The van der Waals surface area contributed by atoms with Gasteiger partial charge in [-0.05, 0) is 111 Å². The van der Waals surface area contributed by atoms with Gasteiger partial charge in [-0.2, -0.15) is 16.4 Å². The highest BCUT2D eigenvalue weighted by Gasteiger charge is 2.34. The number of hydrogen-bond acceptors (Lipinski definition) is 6. The van der Waals surface area contributed by atoms with Gasteiger partial charge in [0.05, 0.1) is 11.2 Å². The summed E-state index contributed by atoms with van der Waals surface area (Å²) < 4.78 is 6.22. The SMILES string of the molecule is C[C@H]1CCCN1C(C(=O)Nc1ccc2[nH]nc(-c3ccc(OC4CCN(C)CC4)cc3)c2c1)c1ccsc1. The van der Waals surface area contributed by atoms with Crippen molar-refractivity contribution >= 4 is 33.8 Å². The minimum atomic E-state index is -0.282. The van der Waals surface area contributed by atoms with E-state index in [2.05, 4.69) is 62.9 Å². The number of ether oxygens (including phenoxy) is 1. The number of nitrogens with zero attached hydrogens (tertiary/aromatic N) is 3. The molecule has 38 heavy (non-hydrogen) atoms. The zero-order valence-electron chi connectivity index (χ0n) is 22.0. The maximum atomic E-state index is 13.6. The van der Waals surface area contributed by atoms with Gasteiger partial charge in [0.25, 0.3) is 0 Å². The molecule has 0 radical (unpaired) electrons. The highest BCUT2D eigenvalue weighted by atomic mass is 32.1. The number of H-pyrrole nitrogens is 1.